The number of fused-ring (bicyclic) bond motifs is 1. The molecule has 2 aromatic rings. The number of benzene rings is 2. The van der Waals surface area contributed by atoms with Gasteiger partial charge >= 0.3 is 0 Å². The van der Waals surface area contributed by atoms with Gasteiger partial charge in [-0.2, -0.15) is 0 Å². The number of carbonyl (C=O) groups excluding carboxylic acids is 2. The number of carbonyl (C=O) groups is 2. The fraction of sp³-hybridized carbons (Fsp3) is 0.481. The van der Waals surface area contributed by atoms with Crippen molar-refractivity contribution in [3.8, 4) is 0 Å². The number of morpholine rings is 1. The second-order valence-electron chi connectivity index (χ2n) is 9.52. The molecular formula is C27H33N3O3. The van der Waals surface area contributed by atoms with Gasteiger partial charge in [0.25, 0.3) is 5.91 Å². The maximum absolute atomic E-state index is 13.5. The molecule has 2 aromatic carbocycles. The summed E-state index contributed by atoms with van der Waals surface area (Å²) in [5.41, 5.74) is 2.63. The molecule has 0 bridgehead atoms. The molecular weight excluding hydrogens is 414 g/mol. The Labute approximate surface area is 195 Å². The highest BCUT2D eigenvalue weighted by Crippen LogP contribution is 2.40. The molecule has 0 radical (unpaired) electrons. The Morgan fingerprint density at radius 3 is 2.58 bits per heavy atom. The SMILES string of the molecule is O=C(Nc1cccc(CN2CCOCC2)c1)C1CC2CCCCC2N1C(=O)c1ccccc1. The molecule has 1 saturated carbocycles. The lowest BCUT2D eigenvalue weighted by molar-refractivity contribution is -0.120. The zero-order valence-electron chi connectivity index (χ0n) is 19.1. The third-order valence-corrected chi connectivity index (χ3v) is 7.35. The van der Waals surface area contributed by atoms with E-state index in [1.807, 2.05) is 47.4 Å². The highest BCUT2D eigenvalue weighted by Gasteiger charge is 2.47. The van der Waals surface area contributed by atoms with E-state index in [2.05, 4.69) is 22.3 Å². The van der Waals surface area contributed by atoms with E-state index in [9.17, 15) is 9.59 Å². The number of nitrogens with zero attached hydrogens (tertiary/aromatic N) is 2. The average molecular weight is 448 g/mol. The van der Waals surface area contributed by atoms with Crippen LogP contribution in [0.25, 0.3) is 0 Å². The van der Waals surface area contributed by atoms with Crippen LogP contribution in [-0.4, -0.2) is 60.0 Å². The molecule has 33 heavy (non-hydrogen) atoms. The quantitative estimate of drug-likeness (QED) is 0.755. The van der Waals surface area contributed by atoms with Crippen molar-refractivity contribution in [2.75, 3.05) is 31.6 Å². The molecule has 0 aromatic heterocycles. The molecule has 0 spiro atoms. The average Bonchev–Trinajstić information content (AvgIpc) is 3.25. The van der Waals surface area contributed by atoms with Gasteiger partial charge < -0.3 is 15.0 Å². The molecule has 174 valence electrons. The van der Waals surface area contributed by atoms with Crippen LogP contribution in [0.2, 0.25) is 0 Å². The van der Waals surface area contributed by atoms with Crippen LogP contribution in [0.15, 0.2) is 54.6 Å². The van der Waals surface area contributed by atoms with E-state index in [4.69, 9.17) is 4.74 Å². The van der Waals surface area contributed by atoms with Crippen LogP contribution in [0.4, 0.5) is 5.69 Å². The maximum atomic E-state index is 13.5. The predicted octanol–water partition coefficient (Wildman–Crippen LogP) is 3.93. The normalized spacial score (nSPS) is 25.5. The number of anilines is 1. The largest absolute Gasteiger partial charge is 0.379 e. The molecule has 2 amide bonds. The third-order valence-electron chi connectivity index (χ3n) is 7.35. The predicted molar refractivity (Wildman–Crippen MR) is 128 cm³/mol. The van der Waals surface area contributed by atoms with Crippen LogP contribution >= 0.6 is 0 Å². The van der Waals surface area contributed by atoms with Gasteiger partial charge in [-0.25, -0.2) is 0 Å². The van der Waals surface area contributed by atoms with Gasteiger partial charge in [0, 0.05) is 36.9 Å². The van der Waals surface area contributed by atoms with Crippen LogP contribution in [0.3, 0.4) is 0 Å². The molecule has 3 fully saturated rings. The van der Waals surface area contributed by atoms with Gasteiger partial charge in [0.15, 0.2) is 0 Å². The van der Waals surface area contributed by atoms with Crippen molar-refractivity contribution in [3.05, 3.63) is 65.7 Å². The number of rotatable bonds is 5. The summed E-state index contributed by atoms with van der Waals surface area (Å²) in [4.78, 5) is 31.2. The van der Waals surface area contributed by atoms with E-state index >= 15 is 0 Å². The van der Waals surface area contributed by atoms with E-state index in [0.717, 1.165) is 64.2 Å². The molecule has 5 rings (SSSR count). The van der Waals surface area contributed by atoms with Crippen molar-refractivity contribution in [3.63, 3.8) is 0 Å². The van der Waals surface area contributed by atoms with Gasteiger partial charge in [-0.15, -0.1) is 0 Å². The van der Waals surface area contributed by atoms with Gasteiger partial charge in [0.05, 0.1) is 13.2 Å². The Kier molecular flexibility index (Phi) is 6.74. The second-order valence-corrected chi connectivity index (χ2v) is 9.52. The summed E-state index contributed by atoms with van der Waals surface area (Å²) in [5.74, 6) is 0.318. The lowest BCUT2D eigenvalue weighted by atomic mass is 9.84. The van der Waals surface area contributed by atoms with E-state index in [0.29, 0.717) is 11.5 Å². The Morgan fingerprint density at radius 2 is 1.76 bits per heavy atom. The van der Waals surface area contributed by atoms with E-state index in [1.54, 1.807) is 0 Å². The van der Waals surface area contributed by atoms with E-state index < -0.39 is 6.04 Å². The number of likely N-dealkylation sites (tertiary alicyclic amines) is 1. The lowest BCUT2D eigenvalue weighted by Crippen LogP contribution is -2.47. The lowest BCUT2D eigenvalue weighted by Gasteiger charge is -2.33. The topological polar surface area (TPSA) is 61.9 Å². The number of hydrogen-bond acceptors (Lipinski definition) is 4. The van der Waals surface area contributed by atoms with E-state index in [-0.39, 0.29) is 17.9 Å². The molecule has 3 unspecified atom stereocenters. The fourth-order valence-electron chi connectivity index (χ4n) is 5.71. The number of nitrogens with one attached hydrogen (secondary N) is 1. The zero-order valence-corrected chi connectivity index (χ0v) is 19.1. The first-order chi connectivity index (χ1) is 16.2. The first-order valence-electron chi connectivity index (χ1n) is 12.3. The highest BCUT2D eigenvalue weighted by molar-refractivity contribution is 6.01. The van der Waals surface area contributed by atoms with Crippen molar-refractivity contribution in [2.45, 2.75) is 50.7 Å². The summed E-state index contributed by atoms with van der Waals surface area (Å²) in [6.07, 6.45) is 5.15. The minimum absolute atomic E-state index is 0.0220. The summed E-state index contributed by atoms with van der Waals surface area (Å²) in [5, 5.41) is 3.13. The minimum atomic E-state index is -0.422. The van der Waals surface area contributed by atoms with Gasteiger partial charge in [-0.3, -0.25) is 14.5 Å². The molecule has 3 atom stereocenters. The van der Waals surface area contributed by atoms with Crippen molar-refractivity contribution < 1.29 is 14.3 Å². The Morgan fingerprint density at radius 1 is 0.970 bits per heavy atom. The molecule has 2 heterocycles. The van der Waals surface area contributed by atoms with Crippen LogP contribution in [0, 0.1) is 5.92 Å². The van der Waals surface area contributed by atoms with Crippen molar-refractivity contribution in [1.29, 1.82) is 0 Å². The summed E-state index contributed by atoms with van der Waals surface area (Å²) in [6, 6.07) is 17.2. The van der Waals surface area contributed by atoms with Crippen molar-refractivity contribution in [2.24, 2.45) is 5.92 Å². The maximum Gasteiger partial charge on any atom is 0.254 e. The highest BCUT2D eigenvalue weighted by atomic mass is 16.5. The minimum Gasteiger partial charge on any atom is -0.379 e. The monoisotopic (exact) mass is 447 g/mol. The first kappa shape index (κ1) is 22.1. The standard InChI is InChI=1S/C27H33N3O3/c31-26(28-23-11-6-7-20(17-23)19-29-13-15-33-16-14-29)25-18-22-10-4-5-12-24(22)30(25)27(32)21-8-2-1-3-9-21/h1-3,6-9,11,17,22,24-25H,4-5,10,12-16,18-19H2,(H,28,31). The van der Waals surface area contributed by atoms with Crippen LogP contribution in [-0.2, 0) is 16.1 Å². The molecule has 6 nitrogen and oxygen atoms in total. The van der Waals surface area contributed by atoms with E-state index in [1.165, 1.54) is 12.0 Å². The Bertz CT molecular complexity index is 974. The first-order valence-corrected chi connectivity index (χ1v) is 12.3. The zero-order chi connectivity index (χ0) is 22.6. The van der Waals surface area contributed by atoms with Gasteiger partial charge in [0.2, 0.25) is 5.91 Å². The molecule has 2 aliphatic heterocycles. The van der Waals surface area contributed by atoms with Crippen LogP contribution < -0.4 is 5.32 Å². The van der Waals surface area contributed by atoms with Gasteiger partial charge in [-0.1, -0.05) is 43.2 Å². The molecule has 1 aliphatic carbocycles. The second kappa shape index (κ2) is 10.1. The summed E-state index contributed by atoms with van der Waals surface area (Å²) in [6.45, 7) is 4.24. The van der Waals surface area contributed by atoms with Crippen LogP contribution in [0.1, 0.15) is 48.0 Å². The Hall–Kier alpha value is -2.70. The molecule has 6 heteroatoms. The fourth-order valence-corrected chi connectivity index (χ4v) is 5.71. The van der Waals surface area contributed by atoms with Gasteiger partial charge in [0.1, 0.15) is 6.04 Å². The molecule has 2 saturated heterocycles. The van der Waals surface area contributed by atoms with Gasteiger partial charge in [-0.05, 0) is 55.0 Å². The van der Waals surface area contributed by atoms with Crippen LogP contribution in [0.5, 0.6) is 0 Å². The molecule has 1 N–H and O–H groups in total. The summed E-state index contributed by atoms with van der Waals surface area (Å²) in [7, 11) is 0. The molecule has 3 aliphatic rings. The number of hydrogen-bond donors (Lipinski definition) is 1. The Balaban J connectivity index is 1.32. The third kappa shape index (κ3) is 4.97. The summed E-state index contributed by atoms with van der Waals surface area (Å²) >= 11 is 0. The van der Waals surface area contributed by atoms with Crippen molar-refractivity contribution >= 4 is 17.5 Å². The summed E-state index contributed by atoms with van der Waals surface area (Å²) < 4.78 is 5.44. The number of amides is 2. The smallest absolute Gasteiger partial charge is 0.254 e. The van der Waals surface area contributed by atoms with Crippen molar-refractivity contribution in [1.82, 2.24) is 9.80 Å². The number of ether oxygens (including phenoxy) is 1.